The molecule has 0 unspecified atom stereocenters. The third kappa shape index (κ3) is 3.57. The first-order valence-electron chi connectivity index (χ1n) is 8.48. The maximum atomic E-state index is 12.4. The molecule has 0 aromatic carbocycles. The molecular formula is C17H24N6O2. The second-order valence-electron chi connectivity index (χ2n) is 6.68. The summed E-state index contributed by atoms with van der Waals surface area (Å²) in [6.07, 6.45) is 2.63. The normalized spacial score (nSPS) is 19.8. The quantitative estimate of drug-likeness (QED) is 0.860. The predicted octanol–water partition coefficient (Wildman–Crippen LogP) is 0.851. The molecule has 25 heavy (non-hydrogen) atoms. The van der Waals surface area contributed by atoms with Gasteiger partial charge in [-0.2, -0.15) is 10.2 Å². The van der Waals surface area contributed by atoms with Gasteiger partial charge in [0, 0.05) is 37.6 Å². The molecule has 1 saturated carbocycles. The summed E-state index contributed by atoms with van der Waals surface area (Å²) < 4.78 is 3.35. The minimum absolute atomic E-state index is 0.0939. The van der Waals surface area contributed by atoms with Crippen LogP contribution in [-0.4, -0.2) is 43.5 Å². The van der Waals surface area contributed by atoms with Crippen molar-refractivity contribution in [2.75, 3.05) is 0 Å². The highest BCUT2D eigenvalue weighted by Gasteiger charge is 2.31. The fourth-order valence-electron chi connectivity index (χ4n) is 3.13. The maximum Gasteiger partial charge on any atom is 0.272 e. The Bertz CT molecular complexity index is 701. The van der Waals surface area contributed by atoms with Crippen molar-refractivity contribution in [2.45, 2.75) is 45.2 Å². The summed E-state index contributed by atoms with van der Waals surface area (Å²) in [5.41, 5.74) is 2.65. The molecule has 8 heteroatoms. The van der Waals surface area contributed by atoms with Crippen LogP contribution in [0.4, 0.5) is 0 Å². The largest absolute Gasteiger partial charge is 0.346 e. The van der Waals surface area contributed by atoms with Crippen LogP contribution in [0.1, 0.15) is 51.6 Å². The standard InChI is InChI=1S/C17H24N6O2/c1-10-8-14(20-22(10)3)16(24)18-12-6-5-7-13(12)19-17(25)15-9-11(2)23(4)21-15/h8-9,12-13H,5-7H2,1-4H3,(H,18,24)(H,19,25)/t12-,13-/m0/s1. The third-order valence-electron chi connectivity index (χ3n) is 4.84. The van der Waals surface area contributed by atoms with Crippen molar-refractivity contribution >= 4 is 11.8 Å². The predicted molar refractivity (Wildman–Crippen MR) is 92.2 cm³/mol. The van der Waals surface area contributed by atoms with Crippen molar-refractivity contribution < 1.29 is 9.59 Å². The maximum absolute atomic E-state index is 12.4. The van der Waals surface area contributed by atoms with Crippen LogP contribution in [0.2, 0.25) is 0 Å². The molecule has 8 nitrogen and oxygen atoms in total. The van der Waals surface area contributed by atoms with Crippen molar-refractivity contribution in [1.29, 1.82) is 0 Å². The Balaban J connectivity index is 1.64. The summed E-state index contributed by atoms with van der Waals surface area (Å²) in [4.78, 5) is 24.8. The van der Waals surface area contributed by atoms with E-state index in [0.717, 1.165) is 30.7 Å². The highest BCUT2D eigenvalue weighted by Crippen LogP contribution is 2.20. The first-order valence-corrected chi connectivity index (χ1v) is 8.48. The van der Waals surface area contributed by atoms with Gasteiger partial charge in [-0.05, 0) is 45.2 Å². The Morgan fingerprint density at radius 1 is 0.920 bits per heavy atom. The Morgan fingerprint density at radius 2 is 1.32 bits per heavy atom. The molecule has 2 heterocycles. The van der Waals surface area contributed by atoms with Crippen LogP contribution in [-0.2, 0) is 14.1 Å². The molecule has 0 aliphatic heterocycles. The highest BCUT2D eigenvalue weighted by molar-refractivity contribution is 5.94. The highest BCUT2D eigenvalue weighted by atomic mass is 16.2. The number of carbonyl (C=O) groups excluding carboxylic acids is 2. The summed E-state index contributed by atoms with van der Waals surface area (Å²) in [6, 6.07) is 3.33. The summed E-state index contributed by atoms with van der Waals surface area (Å²) in [7, 11) is 3.61. The summed E-state index contributed by atoms with van der Waals surface area (Å²) >= 11 is 0. The van der Waals surface area contributed by atoms with Gasteiger partial charge < -0.3 is 10.6 Å². The average molecular weight is 344 g/mol. The molecule has 1 fully saturated rings. The van der Waals surface area contributed by atoms with E-state index in [1.54, 1.807) is 35.6 Å². The second-order valence-corrected chi connectivity index (χ2v) is 6.68. The number of amides is 2. The fourth-order valence-corrected chi connectivity index (χ4v) is 3.13. The molecular weight excluding hydrogens is 320 g/mol. The molecule has 0 bridgehead atoms. The van der Waals surface area contributed by atoms with E-state index in [4.69, 9.17) is 0 Å². The van der Waals surface area contributed by atoms with E-state index in [0.29, 0.717) is 11.4 Å². The van der Waals surface area contributed by atoms with Crippen molar-refractivity contribution in [1.82, 2.24) is 30.2 Å². The number of nitrogens with zero attached hydrogens (tertiary/aromatic N) is 4. The van der Waals surface area contributed by atoms with Gasteiger partial charge in [0.15, 0.2) is 0 Å². The van der Waals surface area contributed by atoms with E-state index >= 15 is 0 Å². The summed E-state index contributed by atoms with van der Waals surface area (Å²) in [5, 5.41) is 14.4. The lowest BCUT2D eigenvalue weighted by molar-refractivity contribution is 0.0886. The minimum Gasteiger partial charge on any atom is -0.346 e. The first kappa shape index (κ1) is 17.2. The summed E-state index contributed by atoms with van der Waals surface area (Å²) in [6.45, 7) is 3.80. The van der Waals surface area contributed by atoms with Gasteiger partial charge in [0.1, 0.15) is 11.4 Å². The van der Waals surface area contributed by atoms with Gasteiger partial charge in [-0.1, -0.05) is 0 Å². The van der Waals surface area contributed by atoms with E-state index in [1.165, 1.54) is 0 Å². The van der Waals surface area contributed by atoms with Crippen molar-refractivity contribution in [3.05, 3.63) is 34.9 Å². The lowest BCUT2D eigenvalue weighted by Gasteiger charge is -2.21. The Kier molecular flexibility index (Phi) is 4.61. The van der Waals surface area contributed by atoms with Gasteiger partial charge >= 0.3 is 0 Å². The molecule has 0 saturated heterocycles. The first-order chi connectivity index (χ1) is 11.8. The van der Waals surface area contributed by atoms with E-state index in [-0.39, 0.29) is 23.9 Å². The smallest absolute Gasteiger partial charge is 0.272 e. The van der Waals surface area contributed by atoms with E-state index in [9.17, 15) is 9.59 Å². The Hall–Kier alpha value is -2.64. The molecule has 2 amide bonds. The van der Waals surface area contributed by atoms with E-state index < -0.39 is 0 Å². The van der Waals surface area contributed by atoms with Crippen molar-refractivity contribution in [2.24, 2.45) is 14.1 Å². The molecule has 1 aliphatic rings. The number of rotatable bonds is 4. The zero-order valence-electron chi connectivity index (χ0n) is 15.0. The number of aromatic nitrogens is 4. The van der Waals surface area contributed by atoms with E-state index in [1.807, 2.05) is 13.8 Å². The van der Waals surface area contributed by atoms with Crippen LogP contribution >= 0.6 is 0 Å². The molecule has 2 N–H and O–H groups in total. The number of hydrogen-bond acceptors (Lipinski definition) is 4. The van der Waals surface area contributed by atoms with Gasteiger partial charge in [0.2, 0.25) is 0 Å². The van der Waals surface area contributed by atoms with Gasteiger partial charge in [-0.25, -0.2) is 0 Å². The van der Waals surface area contributed by atoms with Crippen molar-refractivity contribution in [3.8, 4) is 0 Å². The van der Waals surface area contributed by atoms with Crippen LogP contribution < -0.4 is 10.6 Å². The molecule has 1 aliphatic carbocycles. The lowest BCUT2D eigenvalue weighted by Crippen LogP contribution is -2.48. The Morgan fingerprint density at radius 3 is 1.64 bits per heavy atom. The third-order valence-corrected chi connectivity index (χ3v) is 4.84. The van der Waals surface area contributed by atoms with Crippen molar-refractivity contribution in [3.63, 3.8) is 0 Å². The molecule has 3 rings (SSSR count). The zero-order valence-corrected chi connectivity index (χ0v) is 15.0. The molecule has 2 atom stereocenters. The monoisotopic (exact) mass is 344 g/mol. The summed E-state index contributed by atoms with van der Waals surface area (Å²) in [5.74, 6) is -0.410. The molecule has 2 aromatic rings. The van der Waals surface area contributed by atoms with Crippen LogP contribution in [0.5, 0.6) is 0 Å². The molecule has 134 valence electrons. The number of nitrogens with one attached hydrogen (secondary N) is 2. The molecule has 0 radical (unpaired) electrons. The Labute approximate surface area is 146 Å². The number of aryl methyl sites for hydroxylation is 4. The lowest BCUT2D eigenvalue weighted by atomic mass is 10.1. The second kappa shape index (κ2) is 6.70. The molecule has 2 aromatic heterocycles. The van der Waals surface area contributed by atoms with Crippen LogP contribution in [0.3, 0.4) is 0 Å². The topological polar surface area (TPSA) is 93.8 Å². The fraction of sp³-hybridized carbons (Fsp3) is 0.529. The van der Waals surface area contributed by atoms with E-state index in [2.05, 4.69) is 20.8 Å². The average Bonchev–Trinajstić information content (AvgIpc) is 3.22. The van der Waals surface area contributed by atoms with Crippen LogP contribution in [0.15, 0.2) is 12.1 Å². The van der Waals surface area contributed by atoms with Gasteiger partial charge in [0.25, 0.3) is 11.8 Å². The van der Waals surface area contributed by atoms with Gasteiger partial charge in [-0.15, -0.1) is 0 Å². The zero-order chi connectivity index (χ0) is 18.1. The van der Waals surface area contributed by atoms with Crippen LogP contribution in [0.25, 0.3) is 0 Å². The molecule has 0 spiro atoms. The number of hydrogen-bond donors (Lipinski definition) is 2. The van der Waals surface area contributed by atoms with Crippen LogP contribution in [0, 0.1) is 13.8 Å². The van der Waals surface area contributed by atoms with Gasteiger partial charge in [-0.3, -0.25) is 19.0 Å². The number of carbonyl (C=O) groups is 2. The minimum atomic E-state index is -0.205. The van der Waals surface area contributed by atoms with Gasteiger partial charge in [0.05, 0.1) is 0 Å². The SMILES string of the molecule is Cc1cc(C(=O)N[C@H]2CCC[C@@H]2NC(=O)c2cc(C)n(C)n2)nn1C.